The van der Waals surface area contributed by atoms with Crippen LogP contribution in [0.1, 0.15) is 55.0 Å². The highest BCUT2D eigenvalue weighted by Gasteiger charge is 2.16. The van der Waals surface area contributed by atoms with E-state index in [-0.39, 0.29) is 5.78 Å². The number of carbonyl (C=O) groups excluding carboxylic acids is 1. The molecule has 170 valence electrons. The number of Topliss-reactive ketones (excluding diaryl/α,β-unsaturated/α-hetero) is 1. The van der Waals surface area contributed by atoms with Crippen LogP contribution in [0.4, 0.5) is 0 Å². The Morgan fingerprint density at radius 2 is 1.88 bits per heavy atom. The van der Waals surface area contributed by atoms with Crippen molar-refractivity contribution in [2.45, 2.75) is 58.2 Å². The van der Waals surface area contributed by atoms with Crippen molar-refractivity contribution in [2.24, 2.45) is 5.92 Å². The Balaban J connectivity index is 1.76. The number of ketones is 1. The lowest BCUT2D eigenvalue weighted by molar-refractivity contribution is 0.101. The van der Waals surface area contributed by atoms with Gasteiger partial charge in [0.1, 0.15) is 18.1 Å². The summed E-state index contributed by atoms with van der Waals surface area (Å²) in [5.74, 6) is 3.47. The molecule has 0 radical (unpaired) electrons. The van der Waals surface area contributed by atoms with Crippen molar-refractivity contribution < 1.29 is 14.3 Å². The Bertz CT molecular complexity index is 1050. The van der Waals surface area contributed by atoms with E-state index < -0.39 is 0 Å². The van der Waals surface area contributed by atoms with E-state index in [4.69, 9.17) is 9.47 Å². The van der Waals surface area contributed by atoms with E-state index in [2.05, 4.69) is 47.7 Å². The first-order valence-electron chi connectivity index (χ1n) is 10.9. The fourth-order valence-electron chi connectivity index (χ4n) is 3.30. The van der Waals surface area contributed by atoms with Crippen molar-refractivity contribution in [3.05, 3.63) is 65.0 Å². The van der Waals surface area contributed by atoms with Crippen LogP contribution in [0.2, 0.25) is 0 Å². The molecule has 3 aromatic rings. The quantitative estimate of drug-likeness (QED) is 0.279. The van der Waals surface area contributed by atoms with Gasteiger partial charge in [-0.05, 0) is 55.2 Å². The van der Waals surface area contributed by atoms with Crippen LogP contribution >= 0.6 is 11.8 Å². The lowest BCUT2D eigenvalue weighted by Crippen LogP contribution is -2.12. The molecule has 7 heteroatoms. The number of benzene rings is 2. The van der Waals surface area contributed by atoms with Crippen molar-refractivity contribution in [1.82, 2.24) is 14.8 Å². The summed E-state index contributed by atoms with van der Waals surface area (Å²) < 4.78 is 13.6. The number of nitrogens with zero attached hydrogens (tertiary/aromatic N) is 3. The monoisotopic (exact) mass is 453 g/mol. The highest BCUT2D eigenvalue weighted by Crippen LogP contribution is 2.29. The van der Waals surface area contributed by atoms with Crippen LogP contribution in [0.15, 0.2) is 47.6 Å². The fraction of sp³-hybridized carbons (Fsp3) is 0.400. The average Bonchev–Trinajstić information content (AvgIpc) is 3.16. The minimum atomic E-state index is 0.0354. The molecule has 0 aliphatic rings. The van der Waals surface area contributed by atoms with Gasteiger partial charge in [-0.25, -0.2) is 0 Å². The number of hydrogen-bond donors (Lipinski definition) is 0. The van der Waals surface area contributed by atoms with E-state index in [9.17, 15) is 4.79 Å². The first-order chi connectivity index (χ1) is 15.4. The van der Waals surface area contributed by atoms with Gasteiger partial charge in [-0.1, -0.05) is 44.7 Å². The third-order valence-corrected chi connectivity index (χ3v) is 6.10. The minimum absolute atomic E-state index is 0.0354. The summed E-state index contributed by atoms with van der Waals surface area (Å²) in [6, 6.07) is 13.7. The number of methoxy groups -OCH3 is 1. The van der Waals surface area contributed by atoms with Crippen LogP contribution < -0.4 is 9.47 Å². The lowest BCUT2D eigenvalue weighted by Gasteiger charge is -2.14. The maximum absolute atomic E-state index is 11.8. The van der Waals surface area contributed by atoms with E-state index in [0.29, 0.717) is 23.8 Å². The maximum Gasteiger partial charge on any atom is 0.191 e. The van der Waals surface area contributed by atoms with Crippen molar-refractivity contribution in [1.29, 1.82) is 0 Å². The molecule has 0 spiro atoms. The van der Waals surface area contributed by atoms with Gasteiger partial charge in [-0.15, -0.1) is 10.2 Å². The van der Waals surface area contributed by atoms with Gasteiger partial charge in [0.25, 0.3) is 0 Å². The molecular formula is C25H31N3O3S. The number of thioether (sulfide) groups is 1. The van der Waals surface area contributed by atoms with Gasteiger partial charge in [0, 0.05) is 23.4 Å². The number of aryl methyl sites for hydroxylation is 1. The third kappa shape index (κ3) is 6.13. The highest BCUT2D eigenvalue weighted by molar-refractivity contribution is 7.98. The first kappa shape index (κ1) is 23.9. The number of aromatic nitrogens is 3. The normalized spacial score (nSPS) is 11.1. The fourth-order valence-corrected chi connectivity index (χ4v) is 4.25. The zero-order valence-corrected chi connectivity index (χ0v) is 20.2. The van der Waals surface area contributed by atoms with Crippen LogP contribution in [-0.2, 0) is 25.3 Å². The Morgan fingerprint density at radius 1 is 1.12 bits per heavy atom. The minimum Gasteiger partial charge on any atom is -0.496 e. The zero-order valence-electron chi connectivity index (χ0n) is 19.4. The van der Waals surface area contributed by atoms with Gasteiger partial charge >= 0.3 is 0 Å². The molecule has 0 aliphatic heterocycles. The van der Waals surface area contributed by atoms with Crippen LogP contribution in [0, 0.1) is 5.92 Å². The molecule has 0 unspecified atom stereocenters. The standard InChI is InChI=1S/C25H31N3O3S/c1-6-19-7-10-22(11-8-19)31-15-24-26-27-25(28(24)14-17(2)3)32-16-21-13-20(18(4)29)9-12-23(21)30-5/h7-13,17H,6,14-16H2,1-5H3. The summed E-state index contributed by atoms with van der Waals surface area (Å²) in [6.45, 7) is 9.20. The van der Waals surface area contributed by atoms with Gasteiger partial charge in [-0.3, -0.25) is 4.79 Å². The highest BCUT2D eigenvalue weighted by atomic mass is 32.2. The zero-order chi connectivity index (χ0) is 23.1. The smallest absolute Gasteiger partial charge is 0.191 e. The molecule has 2 aromatic carbocycles. The topological polar surface area (TPSA) is 66.2 Å². The second-order valence-electron chi connectivity index (χ2n) is 8.06. The van der Waals surface area contributed by atoms with Gasteiger partial charge in [0.15, 0.2) is 16.8 Å². The summed E-state index contributed by atoms with van der Waals surface area (Å²) in [4.78, 5) is 11.8. The summed E-state index contributed by atoms with van der Waals surface area (Å²) in [5, 5.41) is 9.65. The molecule has 6 nitrogen and oxygen atoms in total. The summed E-state index contributed by atoms with van der Waals surface area (Å²) in [5.41, 5.74) is 2.91. The number of ether oxygens (including phenoxy) is 2. The molecule has 0 N–H and O–H groups in total. The van der Waals surface area contributed by atoms with Crippen molar-refractivity contribution in [3.8, 4) is 11.5 Å². The van der Waals surface area contributed by atoms with Crippen LogP contribution in [0.5, 0.6) is 11.5 Å². The second kappa shape index (κ2) is 11.2. The molecule has 0 amide bonds. The predicted molar refractivity (Wildman–Crippen MR) is 128 cm³/mol. The number of carbonyl (C=O) groups is 1. The van der Waals surface area contributed by atoms with Gasteiger partial charge in [-0.2, -0.15) is 0 Å². The number of hydrogen-bond acceptors (Lipinski definition) is 6. The Kier molecular flexibility index (Phi) is 8.33. The average molecular weight is 454 g/mol. The molecule has 32 heavy (non-hydrogen) atoms. The molecule has 0 atom stereocenters. The summed E-state index contributed by atoms with van der Waals surface area (Å²) >= 11 is 1.58. The Morgan fingerprint density at radius 3 is 2.50 bits per heavy atom. The first-order valence-corrected chi connectivity index (χ1v) is 11.8. The summed E-state index contributed by atoms with van der Waals surface area (Å²) in [6.07, 6.45) is 1.00. The van der Waals surface area contributed by atoms with Gasteiger partial charge < -0.3 is 14.0 Å². The largest absolute Gasteiger partial charge is 0.496 e. The lowest BCUT2D eigenvalue weighted by atomic mass is 10.1. The van der Waals surface area contributed by atoms with E-state index in [0.717, 1.165) is 41.0 Å². The van der Waals surface area contributed by atoms with Crippen LogP contribution in [0.25, 0.3) is 0 Å². The maximum atomic E-state index is 11.8. The molecular weight excluding hydrogens is 422 g/mol. The van der Waals surface area contributed by atoms with Crippen LogP contribution in [-0.4, -0.2) is 27.7 Å². The van der Waals surface area contributed by atoms with Gasteiger partial charge in [0.2, 0.25) is 0 Å². The molecule has 1 aromatic heterocycles. The molecule has 0 bridgehead atoms. The van der Waals surface area contributed by atoms with E-state index >= 15 is 0 Å². The van der Waals surface area contributed by atoms with E-state index in [1.54, 1.807) is 31.9 Å². The molecule has 0 saturated heterocycles. The summed E-state index contributed by atoms with van der Waals surface area (Å²) in [7, 11) is 1.64. The van der Waals surface area contributed by atoms with Crippen molar-refractivity contribution >= 4 is 17.5 Å². The molecule has 0 fully saturated rings. The number of rotatable bonds is 11. The molecule has 0 saturated carbocycles. The van der Waals surface area contributed by atoms with Crippen molar-refractivity contribution in [3.63, 3.8) is 0 Å². The predicted octanol–water partition coefficient (Wildman–Crippen LogP) is 5.58. The molecule has 0 aliphatic carbocycles. The molecule has 1 heterocycles. The molecule has 3 rings (SSSR count). The SMILES string of the molecule is CCc1ccc(OCc2nnc(SCc3cc(C(C)=O)ccc3OC)n2CC(C)C)cc1. The second-order valence-corrected chi connectivity index (χ2v) is 9.00. The van der Waals surface area contributed by atoms with Gasteiger partial charge in [0.05, 0.1) is 7.11 Å². The van der Waals surface area contributed by atoms with E-state index in [1.165, 1.54) is 5.56 Å². The Hall–Kier alpha value is -2.80. The Labute approximate surface area is 194 Å². The third-order valence-electron chi connectivity index (χ3n) is 5.08. The van der Waals surface area contributed by atoms with Crippen LogP contribution in [0.3, 0.4) is 0 Å². The van der Waals surface area contributed by atoms with E-state index in [1.807, 2.05) is 24.3 Å². The van der Waals surface area contributed by atoms with Crippen molar-refractivity contribution in [2.75, 3.05) is 7.11 Å².